The summed E-state index contributed by atoms with van der Waals surface area (Å²) in [6.45, 7) is 6.14. The summed E-state index contributed by atoms with van der Waals surface area (Å²) in [6.07, 6.45) is 4.12. The Morgan fingerprint density at radius 2 is 1.84 bits per heavy atom. The van der Waals surface area contributed by atoms with E-state index in [1.165, 1.54) is 6.42 Å². The summed E-state index contributed by atoms with van der Waals surface area (Å²) >= 11 is 0. The predicted octanol–water partition coefficient (Wildman–Crippen LogP) is 3.05. The van der Waals surface area contributed by atoms with Crippen LogP contribution in [0.25, 0.3) is 0 Å². The maximum absolute atomic E-state index is 12.9. The van der Waals surface area contributed by atoms with E-state index in [1.807, 2.05) is 0 Å². The molecule has 2 saturated heterocycles. The van der Waals surface area contributed by atoms with Crippen molar-refractivity contribution in [3.63, 3.8) is 0 Å². The van der Waals surface area contributed by atoms with Gasteiger partial charge in [-0.05, 0) is 55.9 Å². The fourth-order valence-electron chi connectivity index (χ4n) is 3.40. The van der Waals surface area contributed by atoms with Crippen LogP contribution in [0, 0.1) is 5.92 Å². The molecular formula is C18H29ClN2O3S. The third-order valence-corrected chi connectivity index (χ3v) is 6.79. The average Bonchev–Trinajstić information content (AvgIpc) is 2.86. The second-order valence-corrected chi connectivity index (χ2v) is 9.23. The van der Waals surface area contributed by atoms with Gasteiger partial charge in [-0.25, -0.2) is 8.42 Å². The van der Waals surface area contributed by atoms with Crippen molar-refractivity contribution in [3.05, 3.63) is 24.3 Å². The Morgan fingerprint density at radius 3 is 2.52 bits per heavy atom. The van der Waals surface area contributed by atoms with Gasteiger partial charge in [-0.15, -0.1) is 12.4 Å². The molecule has 2 unspecified atom stereocenters. The van der Waals surface area contributed by atoms with Gasteiger partial charge >= 0.3 is 0 Å². The van der Waals surface area contributed by atoms with E-state index in [0.717, 1.165) is 25.0 Å². The second kappa shape index (κ2) is 8.71. The Kier molecular flexibility index (Phi) is 7.14. The molecule has 1 aromatic carbocycles. The normalized spacial score (nSPS) is 24.0. The zero-order valence-corrected chi connectivity index (χ0v) is 16.6. The number of rotatable bonds is 6. The molecule has 0 aromatic heterocycles. The molecule has 1 aromatic rings. The number of nitrogens with zero attached hydrogens (tertiary/aromatic N) is 1. The molecule has 2 aliphatic heterocycles. The first-order valence-corrected chi connectivity index (χ1v) is 10.4. The zero-order chi connectivity index (χ0) is 17.2. The minimum Gasteiger partial charge on any atom is -0.494 e. The van der Waals surface area contributed by atoms with Gasteiger partial charge in [0.1, 0.15) is 5.75 Å². The highest BCUT2D eigenvalue weighted by molar-refractivity contribution is 7.89. The van der Waals surface area contributed by atoms with Crippen LogP contribution in [-0.2, 0) is 10.0 Å². The van der Waals surface area contributed by atoms with Crippen LogP contribution in [0.3, 0.4) is 0 Å². The van der Waals surface area contributed by atoms with Crippen molar-refractivity contribution in [3.8, 4) is 5.75 Å². The zero-order valence-electron chi connectivity index (χ0n) is 15.0. The lowest BCUT2D eigenvalue weighted by molar-refractivity contribution is 0.289. The molecular weight excluding hydrogens is 360 g/mol. The van der Waals surface area contributed by atoms with E-state index < -0.39 is 10.0 Å². The number of halogens is 1. The molecule has 0 saturated carbocycles. The molecule has 2 bridgehead atoms. The molecule has 2 atom stereocenters. The van der Waals surface area contributed by atoms with Crippen LogP contribution in [0.15, 0.2) is 29.2 Å². The van der Waals surface area contributed by atoms with Gasteiger partial charge < -0.3 is 10.1 Å². The Balaban J connectivity index is 0.00000225. The van der Waals surface area contributed by atoms with Crippen molar-refractivity contribution >= 4 is 22.4 Å². The molecule has 25 heavy (non-hydrogen) atoms. The van der Waals surface area contributed by atoms with Crippen LogP contribution in [0.4, 0.5) is 0 Å². The van der Waals surface area contributed by atoms with Gasteiger partial charge in [-0.3, -0.25) is 0 Å². The summed E-state index contributed by atoms with van der Waals surface area (Å²) in [6, 6.07) is 7.62. The van der Waals surface area contributed by atoms with Crippen LogP contribution in [0.5, 0.6) is 5.75 Å². The predicted molar refractivity (Wildman–Crippen MR) is 102 cm³/mol. The van der Waals surface area contributed by atoms with Crippen LogP contribution < -0.4 is 10.1 Å². The average molecular weight is 389 g/mol. The SMILES string of the molecule is CC(C)CCOc1ccc(S(=O)(=O)N2CCC3CCC(C2)N3)cc1.Cl. The molecule has 3 rings (SSSR count). The number of hydrogen-bond donors (Lipinski definition) is 1. The molecule has 0 amide bonds. The van der Waals surface area contributed by atoms with E-state index in [0.29, 0.717) is 42.6 Å². The van der Waals surface area contributed by atoms with Crippen molar-refractivity contribution in [1.82, 2.24) is 9.62 Å². The van der Waals surface area contributed by atoms with E-state index in [9.17, 15) is 8.42 Å². The Labute approximate surface area is 157 Å². The van der Waals surface area contributed by atoms with Gasteiger partial charge in [0.2, 0.25) is 10.0 Å². The lowest BCUT2D eigenvalue weighted by atomic mass is 10.1. The lowest BCUT2D eigenvalue weighted by Gasteiger charge is -2.23. The van der Waals surface area contributed by atoms with Crippen LogP contribution in [-0.4, -0.2) is 44.5 Å². The Morgan fingerprint density at radius 1 is 1.16 bits per heavy atom. The first-order chi connectivity index (χ1) is 11.4. The van der Waals surface area contributed by atoms with Crippen molar-refractivity contribution in [2.45, 2.75) is 56.5 Å². The number of nitrogens with one attached hydrogen (secondary N) is 1. The molecule has 0 radical (unpaired) electrons. The van der Waals surface area contributed by atoms with Crippen molar-refractivity contribution in [1.29, 1.82) is 0 Å². The third kappa shape index (κ3) is 5.09. The van der Waals surface area contributed by atoms with E-state index in [2.05, 4.69) is 19.2 Å². The summed E-state index contributed by atoms with van der Waals surface area (Å²) in [7, 11) is -3.42. The third-order valence-electron chi connectivity index (χ3n) is 4.91. The first kappa shape index (κ1) is 20.5. The van der Waals surface area contributed by atoms with Crippen LogP contribution in [0.2, 0.25) is 0 Å². The highest BCUT2D eigenvalue weighted by Crippen LogP contribution is 2.26. The molecule has 0 spiro atoms. The quantitative estimate of drug-likeness (QED) is 0.813. The fraction of sp³-hybridized carbons (Fsp3) is 0.667. The summed E-state index contributed by atoms with van der Waals surface area (Å²) in [5, 5.41) is 3.52. The van der Waals surface area contributed by atoms with Gasteiger partial charge in [0.15, 0.2) is 0 Å². The maximum atomic E-state index is 12.9. The monoisotopic (exact) mass is 388 g/mol. The van der Waals surface area contributed by atoms with E-state index in [-0.39, 0.29) is 12.4 Å². The Bertz CT molecular complexity index is 649. The topological polar surface area (TPSA) is 58.6 Å². The number of fused-ring (bicyclic) bond motifs is 2. The van der Waals surface area contributed by atoms with Gasteiger partial charge in [0.05, 0.1) is 11.5 Å². The summed E-state index contributed by atoms with van der Waals surface area (Å²) < 4.78 is 33.1. The van der Waals surface area contributed by atoms with Crippen molar-refractivity contribution in [2.75, 3.05) is 19.7 Å². The molecule has 142 valence electrons. The van der Waals surface area contributed by atoms with Crippen LogP contribution in [0.1, 0.15) is 39.5 Å². The molecule has 2 fully saturated rings. The fourth-order valence-corrected chi connectivity index (χ4v) is 4.90. The van der Waals surface area contributed by atoms with Gasteiger partial charge in [-0.1, -0.05) is 13.8 Å². The molecule has 0 aliphatic carbocycles. The molecule has 7 heteroatoms. The number of benzene rings is 1. The standard InChI is InChI=1S/C18H28N2O3S.ClH/c1-14(2)10-12-23-17-5-7-18(8-6-17)24(21,22)20-11-9-15-3-4-16(13-20)19-15;/h5-8,14-16,19H,3-4,9-13H2,1-2H3;1H. The number of sulfonamides is 1. The van der Waals surface area contributed by atoms with Gasteiger partial charge in [0.25, 0.3) is 0 Å². The van der Waals surface area contributed by atoms with Gasteiger partial charge in [0, 0.05) is 25.2 Å². The van der Waals surface area contributed by atoms with Crippen LogP contribution >= 0.6 is 12.4 Å². The molecule has 2 heterocycles. The summed E-state index contributed by atoms with van der Waals surface area (Å²) in [5.74, 6) is 1.32. The van der Waals surface area contributed by atoms with E-state index >= 15 is 0 Å². The number of ether oxygens (including phenoxy) is 1. The maximum Gasteiger partial charge on any atom is 0.243 e. The molecule has 1 N–H and O–H groups in total. The smallest absolute Gasteiger partial charge is 0.243 e. The lowest BCUT2D eigenvalue weighted by Crippen LogP contribution is -2.39. The van der Waals surface area contributed by atoms with Crippen molar-refractivity contribution < 1.29 is 13.2 Å². The Hall–Kier alpha value is -0.820. The largest absolute Gasteiger partial charge is 0.494 e. The number of hydrogen-bond acceptors (Lipinski definition) is 4. The van der Waals surface area contributed by atoms with Gasteiger partial charge in [-0.2, -0.15) is 4.31 Å². The summed E-state index contributed by atoms with van der Waals surface area (Å²) in [5.41, 5.74) is 0. The summed E-state index contributed by atoms with van der Waals surface area (Å²) in [4.78, 5) is 0.358. The minimum atomic E-state index is -3.42. The van der Waals surface area contributed by atoms with E-state index in [1.54, 1.807) is 28.6 Å². The van der Waals surface area contributed by atoms with E-state index in [4.69, 9.17) is 4.74 Å². The molecule has 5 nitrogen and oxygen atoms in total. The van der Waals surface area contributed by atoms with Crippen molar-refractivity contribution in [2.24, 2.45) is 5.92 Å². The minimum absolute atomic E-state index is 0. The highest BCUT2D eigenvalue weighted by atomic mass is 35.5. The molecule has 2 aliphatic rings. The highest BCUT2D eigenvalue weighted by Gasteiger charge is 2.34. The second-order valence-electron chi connectivity index (χ2n) is 7.29. The first-order valence-electron chi connectivity index (χ1n) is 8.94.